The number of aliphatic imine (C=N–C) groups is 1. The summed E-state index contributed by atoms with van der Waals surface area (Å²) in [5.74, 6) is -0.0623. The Hall–Kier alpha value is -1.49. The Labute approximate surface area is 118 Å². The first-order chi connectivity index (χ1) is 9.17. The fourth-order valence-corrected chi connectivity index (χ4v) is 3.10. The van der Waals surface area contributed by atoms with Crippen molar-refractivity contribution in [3.63, 3.8) is 0 Å². The monoisotopic (exact) mass is 277 g/mol. The van der Waals surface area contributed by atoms with Gasteiger partial charge in [0.1, 0.15) is 0 Å². The number of hydrogen-bond donors (Lipinski definition) is 2. The fourth-order valence-electron chi connectivity index (χ4n) is 1.96. The number of rotatable bonds is 4. The van der Waals surface area contributed by atoms with Crippen molar-refractivity contribution in [1.82, 2.24) is 0 Å². The molecular formula is C14H19N3OS. The van der Waals surface area contributed by atoms with Crippen molar-refractivity contribution in [2.75, 3.05) is 17.2 Å². The number of carbonyl (C=O) groups is 1. The van der Waals surface area contributed by atoms with Crippen LogP contribution in [0.5, 0.6) is 0 Å². The lowest BCUT2D eigenvalue weighted by Gasteiger charge is -2.09. The smallest absolute Gasteiger partial charge is 0.221 e. The second kappa shape index (κ2) is 6.61. The molecule has 0 bridgehead atoms. The number of nitrogens with one attached hydrogen (secondary N) is 2. The van der Waals surface area contributed by atoms with Gasteiger partial charge in [0.25, 0.3) is 0 Å². The van der Waals surface area contributed by atoms with Crippen LogP contribution < -0.4 is 10.6 Å². The minimum Gasteiger partial charge on any atom is -0.335 e. The zero-order valence-corrected chi connectivity index (χ0v) is 12.1. The maximum atomic E-state index is 11.0. The van der Waals surface area contributed by atoms with E-state index in [-0.39, 0.29) is 5.91 Å². The highest BCUT2D eigenvalue weighted by molar-refractivity contribution is 8.15. The minimum absolute atomic E-state index is 0.0623. The van der Waals surface area contributed by atoms with E-state index in [1.807, 2.05) is 24.3 Å². The highest BCUT2D eigenvalue weighted by atomic mass is 32.2. The second-order valence-electron chi connectivity index (χ2n) is 4.56. The van der Waals surface area contributed by atoms with Gasteiger partial charge < -0.3 is 10.6 Å². The molecular weight excluding hydrogens is 258 g/mol. The highest BCUT2D eigenvalue weighted by Crippen LogP contribution is 2.26. The summed E-state index contributed by atoms with van der Waals surface area (Å²) in [6, 6.07) is 7.67. The molecule has 1 heterocycles. The first-order valence-electron chi connectivity index (χ1n) is 6.53. The van der Waals surface area contributed by atoms with Gasteiger partial charge in [-0.1, -0.05) is 31.2 Å². The zero-order chi connectivity index (χ0) is 13.7. The van der Waals surface area contributed by atoms with Crippen molar-refractivity contribution in [1.29, 1.82) is 0 Å². The van der Waals surface area contributed by atoms with Crippen molar-refractivity contribution in [3.8, 4) is 0 Å². The van der Waals surface area contributed by atoms with E-state index in [1.165, 1.54) is 19.8 Å². The van der Waals surface area contributed by atoms with Crippen LogP contribution in [0.15, 0.2) is 29.3 Å². The standard InChI is InChI=1S/C14H19N3OS/c1-3-5-13-9-15-14(19-13)17-12-7-4-6-11(8-12)16-10(2)18/h4,6-8,13H,3,5,9H2,1-2H3,(H,15,17)(H,16,18). The summed E-state index contributed by atoms with van der Waals surface area (Å²) in [5.41, 5.74) is 1.75. The molecule has 1 aliphatic heterocycles. The van der Waals surface area contributed by atoms with E-state index in [2.05, 4.69) is 22.5 Å². The van der Waals surface area contributed by atoms with Gasteiger partial charge in [-0.05, 0) is 24.6 Å². The summed E-state index contributed by atoms with van der Waals surface area (Å²) in [4.78, 5) is 15.5. The summed E-state index contributed by atoms with van der Waals surface area (Å²) in [5, 5.41) is 7.65. The lowest BCUT2D eigenvalue weighted by atomic mass is 10.2. The Morgan fingerprint density at radius 3 is 3.00 bits per heavy atom. The summed E-state index contributed by atoms with van der Waals surface area (Å²) in [6.07, 6.45) is 2.39. The molecule has 0 radical (unpaired) electrons. The summed E-state index contributed by atoms with van der Waals surface area (Å²) >= 11 is 1.80. The number of carbonyl (C=O) groups excluding carboxylic acids is 1. The van der Waals surface area contributed by atoms with Gasteiger partial charge in [0.15, 0.2) is 5.17 Å². The molecule has 0 spiro atoms. The van der Waals surface area contributed by atoms with Crippen LogP contribution in [0.1, 0.15) is 26.7 Å². The molecule has 0 saturated heterocycles. The molecule has 0 fully saturated rings. The third-order valence-corrected chi connectivity index (χ3v) is 3.93. The van der Waals surface area contributed by atoms with Crippen LogP contribution in [-0.2, 0) is 4.79 Å². The topological polar surface area (TPSA) is 53.5 Å². The second-order valence-corrected chi connectivity index (χ2v) is 5.85. The van der Waals surface area contributed by atoms with Crippen molar-refractivity contribution in [2.24, 2.45) is 4.99 Å². The maximum Gasteiger partial charge on any atom is 0.221 e. The number of nitrogens with zero attached hydrogens (tertiary/aromatic N) is 1. The van der Waals surface area contributed by atoms with Gasteiger partial charge in [-0.2, -0.15) is 0 Å². The van der Waals surface area contributed by atoms with Crippen LogP contribution >= 0.6 is 11.8 Å². The van der Waals surface area contributed by atoms with Gasteiger partial charge in [-0.3, -0.25) is 9.79 Å². The molecule has 1 aliphatic rings. The average molecular weight is 277 g/mol. The largest absolute Gasteiger partial charge is 0.335 e. The maximum absolute atomic E-state index is 11.0. The predicted molar refractivity (Wildman–Crippen MR) is 83.0 cm³/mol. The number of amides is 1. The average Bonchev–Trinajstić information content (AvgIpc) is 2.76. The first kappa shape index (κ1) is 13.9. The summed E-state index contributed by atoms with van der Waals surface area (Å²) in [7, 11) is 0. The SMILES string of the molecule is CCCC1CN=C(Nc2cccc(NC(C)=O)c2)S1. The van der Waals surface area contributed by atoms with Crippen LogP contribution in [0.4, 0.5) is 11.4 Å². The first-order valence-corrected chi connectivity index (χ1v) is 7.41. The predicted octanol–water partition coefficient (Wildman–Crippen LogP) is 3.33. The summed E-state index contributed by atoms with van der Waals surface area (Å²) < 4.78 is 0. The molecule has 1 aromatic rings. The zero-order valence-electron chi connectivity index (χ0n) is 11.3. The Balaban J connectivity index is 1.94. The van der Waals surface area contributed by atoms with Crippen LogP contribution in [0, 0.1) is 0 Å². The molecule has 19 heavy (non-hydrogen) atoms. The van der Waals surface area contributed by atoms with E-state index in [0.29, 0.717) is 5.25 Å². The van der Waals surface area contributed by atoms with Gasteiger partial charge in [0.05, 0.1) is 6.54 Å². The molecule has 4 nitrogen and oxygen atoms in total. The van der Waals surface area contributed by atoms with E-state index < -0.39 is 0 Å². The molecule has 2 rings (SSSR count). The third kappa shape index (κ3) is 4.28. The fraction of sp³-hybridized carbons (Fsp3) is 0.429. The molecule has 2 N–H and O–H groups in total. The van der Waals surface area contributed by atoms with Crippen LogP contribution in [0.2, 0.25) is 0 Å². The van der Waals surface area contributed by atoms with E-state index in [9.17, 15) is 4.79 Å². The van der Waals surface area contributed by atoms with Crippen molar-refractivity contribution in [3.05, 3.63) is 24.3 Å². The van der Waals surface area contributed by atoms with Crippen LogP contribution in [0.25, 0.3) is 0 Å². The summed E-state index contributed by atoms with van der Waals surface area (Å²) in [6.45, 7) is 4.60. The Bertz CT molecular complexity index is 487. The van der Waals surface area contributed by atoms with Gasteiger partial charge in [-0.15, -0.1) is 0 Å². The Kier molecular flexibility index (Phi) is 4.85. The van der Waals surface area contributed by atoms with Gasteiger partial charge in [0.2, 0.25) is 5.91 Å². The quantitative estimate of drug-likeness (QED) is 0.887. The van der Waals surface area contributed by atoms with Crippen molar-refractivity contribution >= 4 is 34.2 Å². The Morgan fingerprint density at radius 1 is 1.47 bits per heavy atom. The third-order valence-electron chi connectivity index (χ3n) is 2.76. The van der Waals surface area contributed by atoms with E-state index in [4.69, 9.17) is 0 Å². The number of amidine groups is 1. The molecule has 102 valence electrons. The molecule has 1 aromatic carbocycles. The van der Waals surface area contributed by atoms with Gasteiger partial charge >= 0.3 is 0 Å². The van der Waals surface area contributed by atoms with Crippen molar-refractivity contribution < 1.29 is 4.79 Å². The van der Waals surface area contributed by atoms with E-state index >= 15 is 0 Å². The molecule has 0 saturated carbocycles. The van der Waals surface area contributed by atoms with Gasteiger partial charge in [-0.25, -0.2) is 0 Å². The van der Waals surface area contributed by atoms with Crippen LogP contribution in [0.3, 0.4) is 0 Å². The number of benzene rings is 1. The van der Waals surface area contributed by atoms with E-state index in [0.717, 1.165) is 23.1 Å². The number of thioether (sulfide) groups is 1. The lowest BCUT2D eigenvalue weighted by Crippen LogP contribution is -2.09. The highest BCUT2D eigenvalue weighted by Gasteiger charge is 2.18. The van der Waals surface area contributed by atoms with E-state index in [1.54, 1.807) is 11.8 Å². The molecule has 0 aromatic heterocycles. The molecule has 0 aliphatic carbocycles. The molecule has 1 amide bonds. The molecule has 1 atom stereocenters. The molecule has 1 unspecified atom stereocenters. The minimum atomic E-state index is -0.0623. The van der Waals surface area contributed by atoms with Crippen LogP contribution in [-0.4, -0.2) is 22.9 Å². The Morgan fingerprint density at radius 2 is 2.26 bits per heavy atom. The van der Waals surface area contributed by atoms with Crippen molar-refractivity contribution in [2.45, 2.75) is 31.9 Å². The number of anilines is 2. The number of hydrogen-bond acceptors (Lipinski definition) is 4. The lowest BCUT2D eigenvalue weighted by molar-refractivity contribution is -0.114. The van der Waals surface area contributed by atoms with Gasteiger partial charge in [0, 0.05) is 23.5 Å². The normalized spacial score (nSPS) is 18.0. The molecule has 5 heteroatoms.